The van der Waals surface area contributed by atoms with Gasteiger partial charge in [0.2, 0.25) is 0 Å². The molecule has 0 radical (unpaired) electrons. The molecule has 2 heteroatoms. The molecule has 0 saturated carbocycles. The molecule has 0 aliphatic heterocycles. The maximum absolute atomic E-state index is 4.50. The molecule has 0 unspecified atom stereocenters. The molecule has 0 atom stereocenters. The second kappa shape index (κ2) is 6.06. The highest BCUT2D eigenvalue weighted by Gasteiger charge is 2.02. The van der Waals surface area contributed by atoms with E-state index in [0.29, 0.717) is 0 Å². The van der Waals surface area contributed by atoms with Crippen LogP contribution in [-0.2, 0) is 13.1 Å². The standard InChI is InChI=1S/C19H20N2/c1-14-8-9-17(15(2)11-14)12-20-13-18-6-3-5-16-7-4-10-21-19(16)18/h3-11,20H,12-13H2,1-2H3. The summed E-state index contributed by atoms with van der Waals surface area (Å²) in [4.78, 5) is 4.50. The number of aryl methyl sites for hydroxylation is 2. The van der Waals surface area contributed by atoms with Crippen LogP contribution in [0.1, 0.15) is 22.3 Å². The number of nitrogens with zero attached hydrogens (tertiary/aromatic N) is 1. The third kappa shape index (κ3) is 3.11. The van der Waals surface area contributed by atoms with Crippen LogP contribution in [0, 0.1) is 13.8 Å². The van der Waals surface area contributed by atoms with E-state index < -0.39 is 0 Å². The minimum absolute atomic E-state index is 0.835. The third-order valence-corrected chi connectivity index (χ3v) is 3.85. The fourth-order valence-electron chi connectivity index (χ4n) is 2.69. The third-order valence-electron chi connectivity index (χ3n) is 3.85. The van der Waals surface area contributed by atoms with Gasteiger partial charge in [0.1, 0.15) is 0 Å². The van der Waals surface area contributed by atoms with E-state index >= 15 is 0 Å². The predicted octanol–water partition coefficient (Wildman–Crippen LogP) is 4.14. The Morgan fingerprint density at radius 2 is 1.71 bits per heavy atom. The van der Waals surface area contributed by atoms with Crippen molar-refractivity contribution in [2.75, 3.05) is 0 Å². The van der Waals surface area contributed by atoms with Gasteiger partial charge in [0, 0.05) is 24.7 Å². The fraction of sp³-hybridized carbons (Fsp3) is 0.211. The zero-order valence-electron chi connectivity index (χ0n) is 12.6. The van der Waals surface area contributed by atoms with Crippen molar-refractivity contribution in [3.05, 3.63) is 77.0 Å². The first-order chi connectivity index (χ1) is 10.2. The number of para-hydroxylation sites is 1. The molecule has 0 bridgehead atoms. The largest absolute Gasteiger partial charge is 0.309 e. The van der Waals surface area contributed by atoms with Gasteiger partial charge in [0.15, 0.2) is 0 Å². The van der Waals surface area contributed by atoms with Gasteiger partial charge in [-0.1, -0.05) is 48.0 Å². The summed E-state index contributed by atoms with van der Waals surface area (Å²) in [5.74, 6) is 0. The first-order valence-electron chi connectivity index (χ1n) is 7.33. The van der Waals surface area contributed by atoms with Crippen LogP contribution >= 0.6 is 0 Å². The minimum atomic E-state index is 0.835. The first-order valence-corrected chi connectivity index (χ1v) is 7.33. The van der Waals surface area contributed by atoms with Crippen molar-refractivity contribution in [2.45, 2.75) is 26.9 Å². The Morgan fingerprint density at radius 1 is 0.905 bits per heavy atom. The van der Waals surface area contributed by atoms with Gasteiger partial charge in [0.05, 0.1) is 5.52 Å². The number of nitrogens with one attached hydrogen (secondary N) is 1. The van der Waals surface area contributed by atoms with Gasteiger partial charge in [-0.15, -0.1) is 0 Å². The molecule has 0 amide bonds. The lowest BCUT2D eigenvalue weighted by Gasteiger charge is -2.10. The topological polar surface area (TPSA) is 24.9 Å². The molecule has 0 fully saturated rings. The number of fused-ring (bicyclic) bond motifs is 1. The molecule has 0 aliphatic rings. The normalized spacial score (nSPS) is 11.0. The molecule has 0 spiro atoms. The highest BCUT2D eigenvalue weighted by atomic mass is 14.9. The average Bonchev–Trinajstić information content (AvgIpc) is 2.50. The van der Waals surface area contributed by atoms with Crippen LogP contribution in [0.25, 0.3) is 10.9 Å². The number of hydrogen-bond acceptors (Lipinski definition) is 2. The number of pyridine rings is 1. The summed E-state index contributed by atoms with van der Waals surface area (Å²) in [6.07, 6.45) is 1.86. The van der Waals surface area contributed by atoms with E-state index in [9.17, 15) is 0 Å². The lowest BCUT2D eigenvalue weighted by atomic mass is 10.1. The Balaban J connectivity index is 1.72. The lowest BCUT2D eigenvalue weighted by molar-refractivity contribution is 0.693. The van der Waals surface area contributed by atoms with Crippen LogP contribution < -0.4 is 5.32 Å². The monoisotopic (exact) mass is 276 g/mol. The Morgan fingerprint density at radius 3 is 2.57 bits per heavy atom. The molecule has 1 heterocycles. The van der Waals surface area contributed by atoms with Crippen LogP contribution in [0.15, 0.2) is 54.7 Å². The van der Waals surface area contributed by atoms with E-state index in [4.69, 9.17) is 0 Å². The number of benzene rings is 2. The Bertz CT molecular complexity index is 757. The summed E-state index contributed by atoms with van der Waals surface area (Å²) in [5.41, 5.74) is 6.35. The summed E-state index contributed by atoms with van der Waals surface area (Å²) in [6, 6.07) is 17.0. The molecule has 1 aromatic heterocycles. The second-order valence-electron chi connectivity index (χ2n) is 5.53. The molecule has 21 heavy (non-hydrogen) atoms. The summed E-state index contributed by atoms with van der Waals surface area (Å²) < 4.78 is 0. The van der Waals surface area contributed by atoms with Gasteiger partial charge in [-0.25, -0.2) is 0 Å². The molecule has 1 N–H and O–H groups in total. The Hall–Kier alpha value is -2.19. The van der Waals surface area contributed by atoms with Crippen LogP contribution in [0.3, 0.4) is 0 Å². The second-order valence-corrected chi connectivity index (χ2v) is 5.53. The maximum atomic E-state index is 4.50. The van der Waals surface area contributed by atoms with Crippen molar-refractivity contribution >= 4 is 10.9 Å². The van der Waals surface area contributed by atoms with Gasteiger partial charge < -0.3 is 5.32 Å². The SMILES string of the molecule is Cc1ccc(CNCc2cccc3cccnc23)c(C)c1. The molecule has 3 rings (SSSR count). The maximum Gasteiger partial charge on any atom is 0.0746 e. The smallest absolute Gasteiger partial charge is 0.0746 e. The molecular weight excluding hydrogens is 256 g/mol. The highest BCUT2D eigenvalue weighted by Crippen LogP contribution is 2.16. The van der Waals surface area contributed by atoms with E-state index in [1.165, 1.54) is 27.6 Å². The van der Waals surface area contributed by atoms with Crippen LogP contribution in [0.2, 0.25) is 0 Å². The lowest BCUT2D eigenvalue weighted by Crippen LogP contribution is -2.14. The van der Waals surface area contributed by atoms with Gasteiger partial charge in [0.25, 0.3) is 0 Å². The number of hydrogen-bond donors (Lipinski definition) is 1. The predicted molar refractivity (Wildman–Crippen MR) is 88.2 cm³/mol. The van der Waals surface area contributed by atoms with E-state index in [1.54, 1.807) is 0 Å². The minimum Gasteiger partial charge on any atom is -0.309 e. The van der Waals surface area contributed by atoms with Gasteiger partial charge in [-0.05, 0) is 36.6 Å². The van der Waals surface area contributed by atoms with Crippen molar-refractivity contribution in [2.24, 2.45) is 0 Å². The first kappa shape index (κ1) is 13.8. The van der Waals surface area contributed by atoms with Crippen LogP contribution in [0.5, 0.6) is 0 Å². The van der Waals surface area contributed by atoms with Crippen molar-refractivity contribution in [1.29, 1.82) is 0 Å². The molecular formula is C19H20N2. The van der Waals surface area contributed by atoms with Crippen LogP contribution in [0.4, 0.5) is 0 Å². The van der Waals surface area contributed by atoms with Crippen molar-refractivity contribution in [3.63, 3.8) is 0 Å². The summed E-state index contributed by atoms with van der Waals surface area (Å²) >= 11 is 0. The zero-order chi connectivity index (χ0) is 14.7. The van der Waals surface area contributed by atoms with E-state index in [-0.39, 0.29) is 0 Å². The van der Waals surface area contributed by atoms with Gasteiger partial charge >= 0.3 is 0 Å². The van der Waals surface area contributed by atoms with E-state index in [1.807, 2.05) is 12.3 Å². The number of aromatic nitrogens is 1. The molecule has 106 valence electrons. The summed E-state index contributed by atoms with van der Waals surface area (Å²) in [7, 11) is 0. The van der Waals surface area contributed by atoms with Gasteiger partial charge in [-0.3, -0.25) is 4.98 Å². The molecule has 3 aromatic rings. The summed E-state index contributed by atoms with van der Waals surface area (Å²) in [6.45, 7) is 6.02. The molecule has 2 nitrogen and oxygen atoms in total. The summed E-state index contributed by atoms with van der Waals surface area (Å²) in [5, 5.41) is 4.73. The fourth-order valence-corrected chi connectivity index (χ4v) is 2.69. The quantitative estimate of drug-likeness (QED) is 0.774. The van der Waals surface area contributed by atoms with Crippen molar-refractivity contribution in [1.82, 2.24) is 10.3 Å². The van der Waals surface area contributed by atoms with Crippen molar-refractivity contribution < 1.29 is 0 Å². The van der Waals surface area contributed by atoms with Crippen LogP contribution in [-0.4, -0.2) is 4.98 Å². The molecule has 2 aromatic carbocycles. The van der Waals surface area contributed by atoms with E-state index in [2.05, 4.69) is 66.6 Å². The Kier molecular flexibility index (Phi) is 3.98. The van der Waals surface area contributed by atoms with Crippen molar-refractivity contribution in [3.8, 4) is 0 Å². The Labute approximate surface area is 125 Å². The highest BCUT2D eigenvalue weighted by molar-refractivity contribution is 5.81. The molecule has 0 aliphatic carbocycles. The van der Waals surface area contributed by atoms with E-state index in [0.717, 1.165) is 18.6 Å². The molecule has 0 saturated heterocycles. The zero-order valence-corrected chi connectivity index (χ0v) is 12.6. The average molecular weight is 276 g/mol. The number of rotatable bonds is 4. The van der Waals surface area contributed by atoms with Gasteiger partial charge in [-0.2, -0.15) is 0 Å².